The van der Waals surface area contributed by atoms with E-state index < -0.39 is 0 Å². The van der Waals surface area contributed by atoms with Crippen molar-refractivity contribution in [1.29, 1.82) is 5.26 Å². The topological polar surface area (TPSA) is 45.8 Å². The minimum absolute atomic E-state index is 0.0167. The molecule has 1 aromatic carbocycles. The zero-order chi connectivity index (χ0) is 13.8. The number of carbonyl (C=O) groups excluding carboxylic acids is 1. The van der Waals surface area contributed by atoms with E-state index in [9.17, 15) is 4.79 Å². The van der Waals surface area contributed by atoms with Crippen LogP contribution in [-0.4, -0.2) is 10.4 Å². The van der Waals surface area contributed by atoms with Crippen LogP contribution in [0.5, 0.6) is 0 Å². The summed E-state index contributed by atoms with van der Waals surface area (Å²) in [5, 5.41) is 8.91. The highest BCUT2D eigenvalue weighted by Gasteiger charge is 2.09. The van der Waals surface area contributed by atoms with Crippen LogP contribution in [0.3, 0.4) is 0 Å². The largest absolute Gasteiger partial charge is 0.332 e. The number of aromatic nitrogens is 1. The average Bonchev–Trinajstić information content (AvgIpc) is 2.86. The smallest absolute Gasteiger partial charge is 0.182 e. The van der Waals surface area contributed by atoms with Gasteiger partial charge < -0.3 is 4.57 Å². The van der Waals surface area contributed by atoms with E-state index in [1.165, 1.54) is 5.56 Å². The lowest BCUT2D eigenvalue weighted by Crippen LogP contribution is -2.11. The van der Waals surface area contributed by atoms with E-state index in [4.69, 9.17) is 5.26 Å². The molecule has 1 aromatic heterocycles. The number of ketones is 1. The molecule has 19 heavy (non-hydrogen) atoms. The highest BCUT2D eigenvalue weighted by molar-refractivity contribution is 5.96. The Bertz CT molecular complexity index is 615. The van der Waals surface area contributed by atoms with Gasteiger partial charge in [0.2, 0.25) is 0 Å². The molecule has 2 rings (SSSR count). The first-order chi connectivity index (χ1) is 9.11. The van der Waals surface area contributed by atoms with E-state index in [2.05, 4.69) is 19.9 Å². The average molecular weight is 252 g/mol. The van der Waals surface area contributed by atoms with Crippen molar-refractivity contribution in [2.45, 2.75) is 26.3 Å². The summed E-state index contributed by atoms with van der Waals surface area (Å²) in [6, 6.07) is 13.2. The fourth-order valence-corrected chi connectivity index (χ4v) is 1.95. The Morgan fingerprint density at radius 3 is 2.53 bits per heavy atom. The molecule has 0 aliphatic heterocycles. The van der Waals surface area contributed by atoms with Crippen molar-refractivity contribution in [3.63, 3.8) is 0 Å². The zero-order valence-corrected chi connectivity index (χ0v) is 11.1. The van der Waals surface area contributed by atoms with Crippen molar-refractivity contribution in [2.24, 2.45) is 0 Å². The van der Waals surface area contributed by atoms with Crippen LogP contribution < -0.4 is 0 Å². The van der Waals surface area contributed by atoms with Crippen LogP contribution in [0.25, 0.3) is 0 Å². The van der Waals surface area contributed by atoms with Gasteiger partial charge >= 0.3 is 0 Å². The number of nitriles is 1. The lowest BCUT2D eigenvalue weighted by atomic mass is 10.0. The quantitative estimate of drug-likeness (QED) is 0.783. The van der Waals surface area contributed by atoms with Gasteiger partial charge in [-0.1, -0.05) is 38.1 Å². The van der Waals surface area contributed by atoms with Gasteiger partial charge in [0.1, 0.15) is 11.8 Å². The fraction of sp³-hybridized carbons (Fsp3) is 0.250. The maximum atomic E-state index is 12.1. The van der Waals surface area contributed by atoms with Gasteiger partial charge in [-0.3, -0.25) is 4.79 Å². The molecule has 0 aliphatic rings. The Labute approximate surface area is 113 Å². The third kappa shape index (κ3) is 2.92. The van der Waals surface area contributed by atoms with Crippen LogP contribution in [0, 0.1) is 11.3 Å². The maximum absolute atomic E-state index is 12.1. The molecule has 0 bridgehead atoms. The molecule has 0 unspecified atom stereocenters. The molecule has 96 valence electrons. The molecule has 1 heterocycles. The van der Waals surface area contributed by atoms with Gasteiger partial charge in [0, 0.05) is 11.8 Å². The lowest BCUT2D eigenvalue weighted by molar-refractivity contribution is 0.0972. The Kier molecular flexibility index (Phi) is 3.82. The molecule has 0 atom stereocenters. The van der Waals surface area contributed by atoms with Crippen LogP contribution in [0.4, 0.5) is 0 Å². The highest BCUT2D eigenvalue weighted by Crippen LogP contribution is 2.15. The first-order valence-electron chi connectivity index (χ1n) is 6.30. The Morgan fingerprint density at radius 1 is 1.26 bits per heavy atom. The van der Waals surface area contributed by atoms with Crippen molar-refractivity contribution >= 4 is 5.78 Å². The molecule has 0 aliphatic carbocycles. The Hall–Kier alpha value is -2.34. The number of carbonyl (C=O) groups is 1. The number of hydrogen-bond acceptors (Lipinski definition) is 2. The van der Waals surface area contributed by atoms with Crippen LogP contribution in [0.1, 0.15) is 41.4 Å². The maximum Gasteiger partial charge on any atom is 0.182 e. The van der Waals surface area contributed by atoms with Gasteiger partial charge in [0.05, 0.1) is 6.54 Å². The predicted molar refractivity (Wildman–Crippen MR) is 74.0 cm³/mol. The van der Waals surface area contributed by atoms with Crippen molar-refractivity contribution in [3.8, 4) is 6.07 Å². The standard InChI is InChI=1S/C16H16N2O/c1-12(2)13-5-7-14(8-6-13)16(19)11-18-9-3-4-15(18)10-17/h3-9,12H,11H2,1-2H3. The Balaban J connectivity index is 2.14. The summed E-state index contributed by atoms with van der Waals surface area (Å²) in [4.78, 5) is 12.1. The molecule has 3 nitrogen and oxygen atoms in total. The first-order valence-corrected chi connectivity index (χ1v) is 6.30. The van der Waals surface area contributed by atoms with E-state index in [-0.39, 0.29) is 12.3 Å². The third-order valence-corrected chi connectivity index (χ3v) is 3.16. The number of benzene rings is 1. The number of rotatable bonds is 4. The van der Waals surface area contributed by atoms with Gasteiger partial charge in [-0.2, -0.15) is 5.26 Å². The van der Waals surface area contributed by atoms with Crippen molar-refractivity contribution < 1.29 is 4.79 Å². The van der Waals surface area contributed by atoms with Gasteiger partial charge in [-0.15, -0.1) is 0 Å². The second-order valence-corrected chi connectivity index (χ2v) is 4.83. The summed E-state index contributed by atoms with van der Waals surface area (Å²) >= 11 is 0. The Morgan fingerprint density at radius 2 is 1.95 bits per heavy atom. The number of hydrogen-bond donors (Lipinski definition) is 0. The van der Waals surface area contributed by atoms with Crippen molar-refractivity contribution in [2.75, 3.05) is 0 Å². The van der Waals surface area contributed by atoms with Gasteiger partial charge in [-0.05, 0) is 23.6 Å². The molecular weight excluding hydrogens is 236 g/mol. The SMILES string of the molecule is CC(C)c1ccc(C(=O)Cn2cccc2C#N)cc1. The highest BCUT2D eigenvalue weighted by atomic mass is 16.1. The van der Waals surface area contributed by atoms with Crippen molar-refractivity contribution in [1.82, 2.24) is 4.57 Å². The second kappa shape index (κ2) is 5.53. The third-order valence-electron chi connectivity index (χ3n) is 3.16. The summed E-state index contributed by atoms with van der Waals surface area (Å²) in [5.41, 5.74) is 2.41. The van der Waals surface area contributed by atoms with Crippen LogP contribution >= 0.6 is 0 Å². The lowest BCUT2D eigenvalue weighted by Gasteiger charge is -2.07. The summed E-state index contributed by atoms with van der Waals surface area (Å²) in [5.74, 6) is 0.474. The van der Waals surface area contributed by atoms with E-state index in [0.717, 1.165) is 0 Å². The molecule has 0 amide bonds. The van der Waals surface area contributed by atoms with Crippen LogP contribution in [0.15, 0.2) is 42.6 Å². The molecule has 0 fully saturated rings. The van der Waals surface area contributed by atoms with E-state index in [0.29, 0.717) is 17.2 Å². The zero-order valence-electron chi connectivity index (χ0n) is 11.1. The van der Waals surface area contributed by atoms with Crippen LogP contribution in [0.2, 0.25) is 0 Å². The summed E-state index contributed by atoms with van der Waals surface area (Å²) in [6.07, 6.45) is 1.75. The molecule has 0 N–H and O–H groups in total. The van der Waals surface area contributed by atoms with E-state index >= 15 is 0 Å². The minimum Gasteiger partial charge on any atom is -0.332 e. The molecule has 0 spiro atoms. The summed E-state index contributed by atoms with van der Waals surface area (Å²) < 4.78 is 1.67. The van der Waals surface area contributed by atoms with Gasteiger partial charge in [-0.25, -0.2) is 0 Å². The number of nitrogens with zero attached hydrogens (tertiary/aromatic N) is 2. The molecule has 0 saturated carbocycles. The fourth-order valence-electron chi connectivity index (χ4n) is 1.95. The molecule has 0 saturated heterocycles. The van der Waals surface area contributed by atoms with E-state index in [1.54, 1.807) is 22.9 Å². The van der Waals surface area contributed by atoms with Gasteiger partial charge in [0.25, 0.3) is 0 Å². The summed E-state index contributed by atoms with van der Waals surface area (Å²) in [7, 11) is 0. The monoisotopic (exact) mass is 252 g/mol. The molecule has 0 radical (unpaired) electrons. The molecular formula is C16H16N2O. The van der Waals surface area contributed by atoms with Crippen LogP contribution in [-0.2, 0) is 6.54 Å². The molecule has 2 aromatic rings. The normalized spacial score (nSPS) is 10.4. The first kappa shape index (κ1) is 13.1. The second-order valence-electron chi connectivity index (χ2n) is 4.83. The minimum atomic E-state index is 0.0167. The van der Waals surface area contributed by atoms with Crippen molar-refractivity contribution in [3.05, 3.63) is 59.4 Å². The van der Waals surface area contributed by atoms with Gasteiger partial charge in [0.15, 0.2) is 5.78 Å². The summed E-state index contributed by atoms with van der Waals surface area (Å²) in [6.45, 7) is 4.45. The van der Waals surface area contributed by atoms with E-state index in [1.807, 2.05) is 24.3 Å². The number of Topliss-reactive ketones (excluding diaryl/α,β-unsaturated/α-hetero) is 1. The predicted octanol–water partition coefficient (Wildman–Crippen LogP) is 3.37. The molecule has 3 heteroatoms.